The van der Waals surface area contributed by atoms with Gasteiger partial charge in [0, 0.05) is 11.3 Å². The molecule has 2 aromatic rings. The van der Waals surface area contributed by atoms with Crippen LogP contribution in [-0.2, 0) is 4.79 Å². The van der Waals surface area contributed by atoms with E-state index in [0.717, 1.165) is 0 Å². The van der Waals surface area contributed by atoms with E-state index < -0.39 is 11.5 Å². The van der Waals surface area contributed by atoms with Crippen LogP contribution >= 0.6 is 0 Å². The maximum absolute atomic E-state index is 12.9. The average Bonchev–Trinajstić information content (AvgIpc) is 2.61. The van der Waals surface area contributed by atoms with Crippen LogP contribution in [0, 0.1) is 5.41 Å². The number of β-lactam (4-membered cyclic amide) rings is 1. The molecule has 1 aliphatic rings. The number of nitrogens with zero attached hydrogens (tertiary/aromatic N) is 1. The quantitative estimate of drug-likeness (QED) is 0.520. The van der Waals surface area contributed by atoms with Gasteiger partial charge < -0.3 is 14.7 Å². The number of ether oxygens (including phenoxy) is 1. The Morgan fingerprint density at radius 1 is 1.17 bits per heavy atom. The van der Waals surface area contributed by atoms with E-state index in [1.165, 1.54) is 11.8 Å². The number of hydrogen-bond donors (Lipinski definition) is 1. The van der Waals surface area contributed by atoms with Crippen molar-refractivity contribution in [2.24, 2.45) is 5.41 Å². The topological polar surface area (TPSA) is 66.8 Å². The molecule has 0 radical (unpaired) electrons. The summed E-state index contributed by atoms with van der Waals surface area (Å²) in [5.41, 5.74) is -0.305. The Balaban J connectivity index is 1.89. The van der Waals surface area contributed by atoms with Gasteiger partial charge in [0.25, 0.3) is 0 Å². The Morgan fingerprint density at radius 3 is 2.29 bits per heavy atom. The second kappa shape index (κ2) is 6.09. The van der Waals surface area contributed by atoms with E-state index >= 15 is 0 Å². The molecule has 2 aromatic carbocycles. The van der Waals surface area contributed by atoms with Crippen molar-refractivity contribution in [1.82, 2.24) is 0 Å². The van der Waals surface area contributed by atoms with Gasteiger partial charge in [0.05, 0.1) is 19.8 Å². The highest BCUT2D eigenvalue weighted by atomic mass is 16.5. The molecule has 5 heteroatoms. The van der Waals surface area contributed by atoms with Crippen molar-refractivity contribution in [2.75, 3.05) is 18.6 Å². The van der Waals surface area contributed by atoms with Crippen LogP contribution in [0.25, 0.3) is 0 Å². The molecule has 0 bridgehead atoms. The molecule has 1 heterocycles. The van der Waals surface area contributed by atoms with E-state index in [-0.39, 0.29) is 18.2 Å². The minimum absolute atomic E-state index is 0.156. The summed E-state index contributed by atoms with van der Waals surface area (Å²) in [4.78, 5) is 27.2. The number of ketones is 1. The number of carbonyl (C=O) groups is 2. The van der Waals surface area contributed by atoms with Crippen LogP contribution in [0.3, 0.4) is 0 Å². The van der Waals surface area contributed by atoms with Gasteiger partial charge in [0.1, 0.15) is 5.75 Å². The van der Waals surface area contributed by atoms with Gasteiger partial charge in [-0.15, -0.1) is 0 Å². The number of Topliss-reactive ketones (excluding diaryl/α,β-unsaturated/α-hetero) is 1. The fourth-order valence-electron chi connectivity index (χ4n) is 3.03. The van der Waals surface area contributed by atoms with Crippen LogP contribution < -0.4 is 9.64 Å². The highest BCUT2D eigenvalue weighted by Crippen LogP contribution is 2.41. The minimum atomic E-state index is -1.42. The average molecular weight is 325 g/mol. The van der Waals surface area contributed by atoms with Gasteiger partial charge >= 0.3 is 0 Å². The molecule has 24 heavy (non-hydrogen) atoms. The summed E-state index contributed by atoms with van der Waals surface area (Å²) in [6, 6.07) is 15.6. The number of methoxy groups -OCH3 is 1. The first-order valence-corrected chi connectivity index (χ1v) is 7.74. The Labute approximate surface area is 140 Å². The molecule has 124 valence electrons. The standard InChI is InChI=1S/C19H19NO4/c1-13(21)19(17(22)14-6-4-3-5-7-14)12-20(18(19)23)15-8-10-16(24-2)11-9-15/h3-11,13,21H,12H2,1-2H3. The SMILES string of the molecule is COc1ccc(N2CC(C(=O)c3ccccc3)(C(C)O)C2=O)cc1. The Hall–Kier alpha value is -2.66. The van der Waals surface area contributed by atoms with Crippen LogP contribution in [0.5, 0.6) is 5.75 Å². The molecule has 5 nitrogen and oxygen atoms in total. The lowest BCUT2D eigenvalue weighted by Gasteiger charge is -2.49. The Morgan fingerprint density at radius 2 is 1.79 bits per heavy atom. The summed E-state index contributed by atoms with van der Waals surface area (Å²) in [7, 11) is 1.57. The fraction of sp³-hybridized carbons (Fsp3) is 0.263. The summed E-state index contributed by atoms with van der Waals surface area (Å²) >= 11 is 0. The molecular formula is C19H19NO4. The van der Waals surface area contributed by atoms with Crippen molar-refractivity contribution >= 4 is 17.4 Å². The van der Waals surface area contributed by atoms with Gasteiger partial charge in [-0.2, -0.15) is 0 Å². The van der Waals surface area contributed by atoms with E-state index in [0.29, 0.717) is 17.0 Å². The Bertz CT molecular complexity index is 755. The van der Waals surface area contributed by atoms with Crippen LogP contribution in [0.15, 0.2) is 54.6 Å². The molecule has 1 N–H and O–H groups in total. The third kappa shape index (κ3) is 2.37. The molecule has 0 saturated carbocycles. The molecule has 2 unspecified atom stereocenters. The van der Waals surface area contributed by atoms with E-state index in [1.807, 2.05) is 0 Å². The summed E-state index contributed by atoms with van der Waals surface area (Å²) in [5.74, 6) is -0.0294. The zero-order chi connectivity index (χ0) is 17.3. The normalized spacial score (nSPS) is 21.1. The third-order valence-electron chi connectivity index (χ3n) is 4.57. The lowest BCUT2D eigenvalue weighted by molar-refractivity contribution is -0.138. The van der Waals surface area contributed by atoms with E-state index in [4.69, 9.17) is 4.74 Å². The summed E-state index contributed by atoms with van der Waals surface area (Å²) in [5, 5.41) is 10.2. The lowest BCUT2D eigenvalue weighted by atomic mass is 9.68. The number of carbonyl (C=O) groups excluding carboxylic acids is 2. The number of rotatable bonds is 5. The molecule has 0 aliphatic carbocycles. The van der Waals surface area contributed by atoms with Gasteiger partial charge in [0.2, 0.25) is 5.91 Å². The Kier molecular flexibility index (Phi) is 4.11. The predicted octanol–water partition coefficient (Wildman–Crippen LogP) is 2.29. The molecule has 1 amide bonds. The molecule has 3 rings (SSSR count). The summed E-state index contributed by atoms with van der Waals surface area (Å²) < 4.78 is 5.11. The second-order valence-corrected chi connectivity index (χ2v) is 5.93. The number of aliphatic hydroxyl groups is 1. The minimum Gasteiger partial charge on any atom is -0.497 e. The zero-order valence-electron chi connectivity index (χ0n) is 13.6. The smallest absolute Gasteiger partial charge is 0.245 e. The first-order chi connectivity index (χ1) is 11.5. The first-order valence-electron chi connectivity index (χ1n) is 7.74. The lowest BCUT2D eigenvalue weighted by Crippen LogP contribution is -2.69. The summed E-state index contributed by atoms with van der Waals surface area (Å²) in [6.07, 6.45) is -1.06. The molecule has 0 spiro atoms. The number of aliphatic hydroxyl groups excluding tert-OH is 1. The largest absolute Gasteiger partial charge is 0.497 e. The van der Waals surface area contributed by atoms with Crippen molar-refractivity contribution in [3.63, 3.8) is 0 Å². The van der Waals surface area contributed by atoms with Gasteiger partial charge in [0.15, 0.2) is 11.2 Å². The number of anilines is 1. The van der Waals surface area contributed by atoms with Crippen molar-refractivity contribution in [1.29, 1.82) is 0 Å². The van der Waals surface area contributed by atoms with Gasteiger partial charge in [-0.1, -0.05) is 30.3 Å². The maximum atomic E-state index is 12.9. The molecule has 0 aromatic heterocycles. The second-order valence-electron chi connectivity index (χ2n) is 5.93. The molecule has 1 aliphatic heterocycles. The van der Waals surface area contributed by atoms with E-state index in [2.05, 4.69) is 0 Å². The monoisotopic (exact) mass is 325 g/mol. The van der Waals surface area contributed by atoms with Gasteiger partial charge in [-0.3, -0.25) is 9.59 Å². The van der Waals surface area contributed by atoms with E-state index in [1.54, 1.807) is 61.7 Å². The number of amides is 1. The number of benzene rings is 2. The first kappa shape index (κ1) is 16.2. The zero-order valence-corrected chi connectivity index (χ0v) is 13.6. The third-order valence-corrected chi connectivity index (χ3v) is 4.57. The fourth-order valence-corrected chi connectivity index (χ4v) is 3.03. The maximum Gasteiger partial charge on any atom is 0.245 e. The highest BCUT2D eigenvalue weighted by Gasteiger charge is 2.61. The van der Waals surface area contributed by atoms with Crippen LogP contribution in [-0.4, -0.2) is 36.6 Å². The van der Waals surface area contributed by atoms with Gasteiger partial charge in [-0.05, 0) is 31.2 Å². The van der Waals surface area contributed by atoms with Crippen molar-refractivity contribution in [3.8, 4) is 5.75 Å². The van der Waals surface area contributed by atoms with E-state index in [9.17, 15) is 14.7 Å². The van der Waals surface area contributed by atoms with Crippen molar-refractivity contribution in [2.45, 2.75) is 13.0 Å². The van der Waals surface area contributed by atoms with Crippen molar-refractivity contribution in [3.05, 3.63) is 60.2 Å². The van der Waals surface area contributed by atoms with Gasteiger partial charge in [-0.25, -0.2) is 0 Å². The van der Waals surface area contributed by atoms with Crippen LogP contribution in [0.2, 0.25) is 0 Å². The molecule has 2 atom stereocenters. The van der Waals surface area contributed by atoms with Crippen LogP contribution in [0.4, 0.5) is 5.69 Å². The molecule has 1 saturated heterocycles. The number of hydrogen-bond acceptors (Lipinski definition) is 4. The molecule has 1 fully saturated rings. The predicted molar refractivity (Wildman–Crippen MR) is 90.2 cm³/mol. The highest BCUT2D eigenvalue weighted by molar-refractivity contribution is 6.23. The van der Waals surface area contributed by atoms with Crippen molar-refractivity contribution < 1.29 is 19.4 Å². The molecular weight excluding hydrogens is 306 g/mol. The summed E-state index contributed by atoms with van der Waals surface area (Å²) in [6.45, 7) is 1.65. The van der Waals surface area contributed by atoms with Crippen LogP contribution in [0.1, 0.15) is 17.3 Å².